The Labute approximate surface area is 323 Å². The average molecular weight is 773 g/mol. The molecule has 15 N–H and O–H groups in total. The van der Waals surface area contributed by atoms with Gasteiger partial charge in [0.15, 0.2) is 7.37 Å². The lowest BCUT2D eigenvalue weighted by Gasteiger charge is -2.26. The van der Waals surface area contributed by atoms with Crippen LogP contribution in [0, 0.1) is 5.92 Å². The number of aromatic amines is 1. The molecule has 55 heavy (non-hydrogen) atoms. The van der Waals surface area contributed by atoms with E-state index in [1.165, 1.54) is 6.92 Å². The van der Waals surface area contributed by atoms with Crippen LogP contribution in [0.4, 0.5) is 0 Å². The highest BCUT2D eigenvalue weighted by atomic mass is 16.3. The number of para-hydroxylation sites is 1. The number of H-pyrrole nitrogens is 1. The van der Waals surface area contributed by atoms with Gasteiger partial charge in [-0.2, -0.15) is 0 Å². The number of benzene rings is 1. The van der Waals surface area contributed by atoms with Crippen molar-refractivity contribution >= 4 is 52.3 Å². The van der Waals surface area contributed by atoms with Crippen molar-refractivity contribution in [1.29, 1.82) is 0 Å². The van der Waals surface area contributed by atoms with Gasteiger partial charge in [0, 0.05) is 36.5 Å². The number of amides is 6. The van der Waals surface area contributed by atoms with Crippen molar-refractivity contribution in [2.75, 3.05) is 19.7 Å². The first-order valence-corrected chi connectivity index (χ1v) is 18.9. The summed E-state index contributed by atoms with van der Waals surface area (Å²) in [6.07, 6.45) is 7.06. The summed E-state index contributed by atoms with van der Waals surface area (Å²) in [5, 5.41) is 21.5. The minimum Gasteiger partial charge on any atom is -0.394 e. The Balaban J connectivity index is 2.30. The maximum absolute atomic E-state index is 14.0. The first kappa shape index (κ1) is 44.2. The van der Waals surface area contributed by atoms with Crippen LogP contribution in [0.15, 0.2) is 35.5 Å². The van der Waals surface area contributed by atoms with Crippen molar-refractivity contribution in [3.8, 4) is 0 Å². The molecule has 0 radical (unpaired) electrons. The molecule has 306 valence electrons. The third-order valence-corrected chi connectivity index (χ3v) is 9.20. The molecule has 0 saturated heterocycles. The number of primary amides is 1. The molecule has 6 amide bonds. The number of fused-ring (bicyclic) bond motifs is 1. The summed E-state index contributed by atoms with van der Waals surface area (Å²) >= 11 is 0. The van der Waals surface area contributed by atoms with Crippen LogP contribution in [-0.4, -0.2) is 101 Å². The molecule has 18 nitrogen and oxygen atoms in total. The number of hydrogen-bond acceptors (Lipinski definition) is 9. The number of nitrogens with one attached hydrogen (secondary N) is 6. The molecule has 1 heterocycles. The Kier molecular flexibility index (Phi) is 19.5. The van der Waals surface area contributed by atoms with E-state index in [9.17, 15) is 33.9 Å². The summed E-state index contributed by atoms with van der Waals surface area (Å²) in [6.45, 7) is 5.14. The molecule has 0 unspecified atom stereocenters. The zero-order valence-corrected chi connectivity index (χ0v) is 32.1. The maximum atomic E-state index is 14.0. The predicted molar refractivity (Wildman–Crippen MR) is 210 cm³/mol. The Hall–Kier alpha value is -5.23. The number of aliphatic imine (C=N–C) groups is 1. The van der Waals surface area contributed by atoms with Crippen molar-refractivity contribution in [1.82, 2.24) is 31.6 Å². The lowest BCUT2D eigenvalue weighted by molar-refractivity contribution is -0.135. The van der Waals surface area contributed by atoms with E-state index in [1.54, 1.807) is 20.0 Å². The summed E-state index contributed by atoms with van der Waals surface area (Å²) in [5.41, 5.74) is 23.3. The van der Waals surface area contributed by atoms with Crippen LogP contribution < -0.4 is 49.5 Å². The van der Waals surface area contributed by atoms with E-state index < -0.39 is 85.1 Å². The van der Waals surface area contributed by atoms with Crippen LogP contribution in [0.25, 0.3) is 10.9 Å². The standard InChI is InChI=1S/C37H61N11O7/c1-4-22(2)31(48-37(40)41)36(55)47-29(21-49)35(54)45-27(15-16-30(39)50)33(52)46-28(19-24-20-43-26-14-10-9-13-25(24)26)34(53)44-23(3)32(51)42-18-12-8-6-5-7-11-17-38/h9-10,13-14,20,22-23,27-29,31,43,49H,4-8,11-12,15-19,21,38H2,1-3H3,(H2,39,50)(H,42,51)(H,44,53)(H,45,54)(H,46,52)(H,47,55)(H4,40,41,48)/t22-,23-,27-,28-,29-,31-/m0/s1/i/hD. The SMILES string of the molecule is [2H]N(C(=O)[C@H](CO)NC(=O)[C@@H](N=C(N)N)[C@@H](C)CC)[C@@H](CCC(N)=O)C(=O)N[C@@H](Cc1c[nH]c2ccccc12)C(=O)N[C@@H](C)C(=O)NCCCCCCCCN. The normalized spacial score (nSPS) is 14.6. The van der Waals surface area contributed by atoms with Crippen molar-refractivity contribution in [2.45, 2.75) is 115 Å². The van der Waals surface area contributed by atoms with Gasteiger partial charge in [-0.3, -0.25) is 28.8 Å². The topological polar surface area (TPSA) is 315 Å². The third-order valence-electron chi connectivity index (χ3n) is 9.20. The van der Waals surface area contributed by atoms with Gasteiger partial charge in [-0.25, -0.2) is 4.99 Å². The van der Waals surface area contributed by atoms with Crippen molar-refractivity contribution in [3.63, 3.8) is 0 Å². The number of guanidine groups is 1. The quantitative estimate of drug-likeness (QED) is 0.0316. The van der Waals surface area contributed by atoms with Gasteiger partial charge in [0.25, 0.3) is 0 Å². The van der Waals surface area contributed by atoms with Crippen LogP contribution in [0.3, 0.4) is 0 Å². The second kappa shape index (κ2) is 24.2. The molecule has 0 saturated carbocycles. The number of nitrogens with zero attached hydrogens (tertiary/aromatic N) is 1. The summed E-state index contributed by atoms with van der Waals surface area (Å²) in [5.74, 6) is -5.72. The first-order valence-electron chi connectivity index (χ1n) is 19.3. The molecule has 0 aliphatic heterocycles. The zero-order chi connectivity index (χ0) is 41.8. The Morgan fingerprint density at radius 3 is 2.11 bits per heavy atom. The number of carbonyl (C=O) groups excluding carboxylic acids is 6. The molecule has 0 aliphatic carbocycles. The Morgan fingerprint density at radius 1 is 0.836 bits per heavy atom. The second-order valence-corrected chi connectivity index (χ2v) is 13.7. The molecule has 2 aromatic rings. The van der Waals surface area contributed by atoms with E-state index in [2.05, 4.69) is 31.2 Å². The van der Waals surface area contributed by atoms with Crippen molar-refractivity contribution < 1.29 is 35.3 Å². The van der Waals surface area contributed by atoms with Crippen LogP contribution in [0.1, 0.15) is 84.1 Å². The van der Waals surface area contributed by atoms with E-state index >= 15 is 0 Å². The third kappa shape index (κ3) is 16.0. The highest BCUT2D eigenvalue weighted by molar-refractivity contribution is 5.97. The van der Waals surface area contributed by atoms with Gasteiger partial charge in [-0.15, -0.1) is 0 Å². The summed E-state index contributed by atoms with van der Waals surface area (Å²) in [7, 11) is 0. The van der Waals surface area contributed by atoms with Crippen LogP contribution in [0.2, 0.25) is 1.41 Å². The molecule has 0 spiro atoms. The molecule has 0 aliphatic rings. The number of nitrogens with two attached hydrogens (primary N) is 4. The summed E-state index contributed by atoms with van der Waals surface area (Å²) < 4.78 is 8.67. The minimum atomic E-state index is -1.71. The average Bonchev–Trinajstić information content (AvgIpc) is 3.58. The van der Waals surface area contributed by atoms with Crippen LogP contribution in [-0.2, 0) is 35.2 Å². The second-order valence-electron chi connectivity index (χ2n) is 13.7. The number of aliphatic hydroxyl groups is 1. The van der Waals surface area contributed by atoms with Gasteiger partial charge in [-0.05, 0) is 50.3 Å². The largest absolute Gasteiger partial charge is 0.394 e. The lowest BCUT2D eigenvalue weighted by atomic mass is 9.98. The number of carbonyl (C=O) groups is 6. The molecule has 1 aromatic carbocycles. The highest BCUT2D eigenvalue weighted by Gasteiger charge is 2.33. The van der Waals surface area contributed by atoms with E-state index in [-0.39, 0.29) is 23.6 Å². The van der Waals surface area contributed by atoms with Gasteiger partial charge in [-0.1, -0.05) is 64.2 Å². The number of aliphatic hydroxyl groups excluding tert-OH is 1. The molecule has 6 atom stereocenters. The molecule has 0 bridgehead atoms. The monoisotopic (exact) mass is 772 g/mol. The van der Waals surface area contributed by atoms with Crippen LogP contribution in [0.5, 0.6) is 0 Å². The first-order chi connectivity index (χ1) is 26.6. The molecule has 2 rings (SSSR count). The Bertz CT molecular complexity index is 1630. The van der Waals surface area contributed by atoms with Gasteiger partial charge < -0.3 is 59.6 Å². The Morgan fingerprint density at radius 2 is 1.47 bits per heavy atom. The molecule has 18 heteroatoms. The fourth-order valence-corrected chi connectivity index (χ4v) is 5.77. The van der Waals surface area contributed by atoms with Crippen molar-refractivity contribution in [2.24, 2.45) is 33.8 Å². The predicted octanol–water partition coefficient (Wildman–Crippen LogP) is -0.969. The maximum Gasteiger partial charge on any atom is 0.245 e. The minimum absolute atomic E-state index is 0.0638. The number of unbranched alkanes of at least 4 members (excludes halogenated alkanes) is 5. The molecular weight excluding hydrogens is 710 g/mol. The lowest BCUT2D eigenvalue weighted by Crippen LogP contribution is -2.59. The van der Waals surface area contributed by atoms with E-state index in [0.717, 1.165) is 49.4 Å². The fourth-order valence-electron chi connectivity index (χ4n) is 5.77. The van der Waals surface area contributed by atoms with E-state index in [1.807, 2.05) is 24.3 Å². The molecular formula is C37H61N11O7. The zero-order valence-electron chi connectivity index (χ0n) is 33.1. The summed E-state index contributed by atoms with van der Waals surface area (Å²) in [6, 6.07) is 0.454. The van der Waals surface area contributed by atoms with Gasteiger partial charge in [0.2, 0.25) is 35.4 Å². The van der Waals surface area contributed by atoms with Gasteiger partial charge in [0.1, 0.15) is 30.2 Å². The summed E-state index contributed by atoms with van der Waals surface area (Å²) in [4.78, 5) is 86.2. The number of aromatic nitrogens is 1. The smallest absolute Gasteiger partial charge is 0.245 e. The van der Waals surface area contributed by atoms with Gasteiger partial charge in [0.05, 0.1) is 6.61 Å². The fraction of sp³-hybridized carbons (Fsp3) is 0.595. The van der Waals surface area contributed by atoms with Gasteiger partial charge >= 0.3 is 0 Å². The van der Waals surface area contributed by atoms with E-state index in [4.69, 9.17) is 24.3 Å². The number of hydrogen-bond donors (Lipinski definition) is 11. The van der Waals surface area contributed by atoms with E-state index in [0.29, 0.717) is 25.1 Å². The van der Waals surface area contributed by atoms with Crippen LogP contribution >= 0.6 is 0 Å². The number of rotatable bonds is 26. The van der Waals surface area contributed by atoms with Crippen molar-refractivity contribution in [3.05, 3.63) is 36.0 Å². The molecule has 1 aromatic heterocycles. The highest BCUT2D eigenvalue weighted by Crippen LogP contribution is 2.19. The molecule has 0 fully saturated rings.